The van der Waals surface area contributed by atoms with E-state index in [0.29, 0.717) is 11.2 Å². The van der Waals surface area contributed by atoms with Gasteiger partial charge in [-0.2, -0.15) is 15.2 Å². The van der Waals surface area contributed by atoms with E-state index in [9.17, 15) is 4.39 Å². The van der Waals surface area contributed by atoms with Gasteiger partial charge in [-0.05, 0) is 23.7 Å². The molecule has 0 aliphatic rings. The van der Waals surface area contributed by atoms with E-state index in [1.54, 1.807) is 6.07 Å². The van der Waals surface area contributed by atoms with Crippen molar-refractivity contribution in [1.82, 2.24) is 19.9 Å². The van der Waals surface area contributed by atoms with E-state index in [1.807, 2.05) is 0 Å². The van der Waals surface area contributed by atoms with E-state index in [4.69, 9.17) is 21.6 Å². The molecule has 0 amide bonds. The lowest BCUT2D eigenvalue weighted by atomic mass is 10.2. The topological polar surface area (TPSA) is 87.5 Å². The second kappa shape index (κ2) is 4.75. The fourth-order valence-electron chi connectivity index (χ4n) is 1.62. The van der Waals surface area contributed by atoms with Crippen LogP contribution in [0, 0.1) is 17.1 Å². The predicted octanol–water partition coefficient (Wildman–Crippen LogP) is 2.81. The Morgan fingerprint density at radius 2 is 2.20 bits per heavy atom. The summed E-state index contributed by atoms with van der Waals surface area (Å²) in [5.41, 5.74) is 0.720. The van der Waals surface area contributed by atoms with Crippen LogP contribution in [0.2, 0.25) is 5.28 Å². The maximum absolute atomic E-state index is 13.5. The molecule has 0 atom stereocenters. The van der Waals surface area contributed by atoms with E-state index in [0.717, 1.165) is 6.07 Å². The summed E-state index contributed by atoms with van der Waals surface area (Å²) in [4.78, 5) is 14.6. The first-order valence-corrected chi connectivity index (χ1v) is 5.79. The van der Waals surface area contributed by atoms with Crippen LogP contribution in [0.5, 0.6) is 11.6 Å². The van der Waals surface area contributed by atoms with Crippen molar-refractivity contribution < 1.29 is 9.13 Å². The number of imidazole rings is 1. The number of hydrogen-bond acceptors (Lipinski definition) is 5. The van der Waals surface area contributed by atoms with Gasteiger partial charge in [-0.1, -0.05) is 0 Å². The molecule has 0 saturated carbocycles. The van der Waals surface area contributed by atoms with Gasteiger partial charge in [0.2, 0.25) is 11.2 Å². The van der Waals surface area contributed by atoms with Crippen molar-refractivity contribution in [3.05, 3.63) is 41.2 Å². The zero-order valence-corrected chi connectivity index (χ0v) is 10.5. The quantitative estimate of drug-likeness (QED) is 0.733. The average molecular weight is 290 g/mol. The van der Waals surface area contributed by atoms with E-state index >= 15 is 0 Å². The van der Waals surface area contributed by atoms with Crippen molar-refractivity contribution in [3.63, 3.8) is 0 Å². The third-order valence-corrected chi connectivity index (χ3v) is 2.67. The summed E-state index contributed by atoms with van der Waals surface area (Å²) in [5.74, 6) is -0.361. The molecule has 98 valence electrons. The van der Waals surface area contributed by atoms with Crippen LogP contribution < -0.4 is 4.74 Å². The van der Waals surface area contributed by atoms with Crippen molar-refractivity contribution in [3.8, 4) is 17.7 Å². The second-order valence-corrected chi connectivity index (χ2v) is 4.09. The molecule has 0 spiro atoms. The third kappa shape index (κ3) is 2.13. The Morgan fingerprint density at radius 3 is 2.95 bits per heavy atom. The highest BCUT2D eigenvalue weighted by Gasteiger charge is 2.12. The van der Waals surface area contributed by atoms with Gasteiger partial charge in [0.15, 0.2) is 5.65 Å². The molecule has 3 aromatic rings. The number of rotatable bonds is 2. The minimum atomic E-state index is -0.675. The lowest BCUT2D eigenvalue weighted by Gasteiger charge is -2.06. The fraction of sp³-hybridized carbons (Fsp3) is 0. The van der Waals surface area contributed by atoms with Gasteiger partial charge in [-0.15, -0.1) is 0 Å². The zero-order valence-electron chi connectivity index (χ0n) is 9.76. The Morgan fingerprint density at radius 1 is 1.35 bits per heavy atom. The zero-order chi connectivity index (χ0) is 14.1. The van der Waals surface area contributed by atoms with Gasteiger partial charge < -0.3 is 9.72 Å². The van der Waals surface area contributed by atoms with Gasteiger partial charge in [0, 0.05) is 6.07 Å². The van der Waals surface area contributed by atoms with Crippen molar-refractivity contribution >= 4 is 22.8 Å². The van der Waals surface area contributed by atoms with Crippen LogP contribution in [-0.4, -0.2) is 19.9 Å². The molecule has 2 heterocycles. The van der Waals surface area contributed by atoms with Crippen LogP contribution in [0.1, 0.15) is 5.56 Å². The van der Waals surface area contributed by atoms with Gasteiger partial charge in [-0.3, -0.25) is 0 Å². The number of aromatic amines is 1. The Balaban J connectivity index is 2.03. The van der Waals surface area contributed by atoms with Crippen LogP contribution in [0.25, 0.3) is 11.2 Å². The lowest BCUT2D eigenvalue weighted by molar-refractivity contribution is 0.462. The number of H-pyrrole nitrogens is 1. The van der Waals surface area contributed by atoms with Crippen LogP contribution in [-0.2, 0) is 0 Å². The number of nitriles is 1. The molecule has 8 heteroatoms. The monoisotopic (exact) mass is 289 g/mol. The van der Waals surface area contributed by atoms with Gasteiger partial charge >= 0.3 is 0 Å². The van der Waals surface area contributed by atoms with Crippen molar-refractivity contribution in [2.24, 2.45) is 0 Å². The maximum Gasteiger partial charge on any atom is 0.250 e. The molecule has 6 nitrogen and oxygen atoms in total. The summed E-state index contributed by atoms with van der Waals surface area (Å²) in [6, 6.07) is 5.60. The van der Waals surface area contributed by atoms with Crippen LogP contribution in [0.3, 0.4) is 0 Å². The minimum absolute atomic E-state index is 0.0336. The number of fused-ring (bicyclic) bond motifs is 1. The number of benzene rings is 1. The molecule has 2 aromatic heterocycles. The molecule has 0 unspecified atom stereocenters. The van der Waals surface area contributed by atoms with E-state index in [2.05, 4.69) is 19.9 Å². The highest BCUT2D eigenvalue weighted by molar-refractivity contribution is 6.28. The van der Waals surface area contributed by atoms with E-state index in [-0.39, 0.29) is 22.5 Å². The molecular formula is C12H5ClFN5O. The Hall–Kier alpha value is -2.72. The van der Waals surface area contributed by atoms with Crippen LogP contribution in [0.15, 0.2) is 24.5 Å². The number of halogens is 2. The molecule has 1 N–H and O–H groups in total. The Bertz CT molecular complexity index is 841. The van der Waals surface area contributed by atoms with Gasteiger partial charge in [0.25, 0.3) is 0 Å². The number of hydrogen-bond donors (Lipinski definition) is 1. The number of nitrogens with zero attached hydrogens (tertiary/aromatic N) is 4. The molecule has 20 heavy (non-hydrogen) atoms. The average Bonchev–Trinajstić information content (AvgIpc) is 2.87. The summed E-state index contributed by atoms with van der Waals surface area (Å²) in [7, 11) is 0. The summed E-state index contributed by atoms with van der Waals surface area (Å²) in [5, 5.41) is 8.63. The third-order valence-electron chi connectivity index (χ3n) is 2.50. The van der Waals surface area contributed by atoms with Crippen LogP contribution in [0.4, 0.5) is 4.39 Å². The summed E-state index contributed by atoms with van der Waals surface area (Å²) in [6.45, 7) is 0. The minimum Gasteiger partial charge on any atom is -0.437 e. The largest absolute Gasteiger partial charge is 0.437 e. The van der Waals surface area contributed by atoms with E-state index < -0.39 is 5.82 Å². The first-order chi connectivity index (χ1) is 9.67. The van der Waals surface area contributed by atoms with Crippen molar-refractivity contribution in [2.75, 3.05) is 0 Å². The standard InChI is InChI=1S/C12H5ClFN5O/c13-12-18-10-9(16-5-17-10)11(19-12)20-7-2-1-6(4-15)8(14)3-7/h1-3,5H,(H,16,17,18,19). The number of ether oxygens (including phenoxy) is 1. The second-order valence-electron chi connectivity index (χ2n) is 3.75. The lowest BCUT2D eigenvalue weighted by Crippen LogP contribution is -1.94. The predicted molar refractivity (Wildman–Crippen MR) is 67.9 cm³/mol. The molecule has 0 bridgehead atoms. The van der Waals surface area contributed by atoms with E-state index in [1.165, 1.54) is 18.5 Å². The molecule has 0 fully saturated rings. The fourth-order valence-corrected chi connectivity index (χ4v) is 1.77. The van der Waals surface area contributed by atoms with Gasteiger partial charge in [0.05, 0.1) is 11.9 Å². The normalized spacial score (nSPS) is 10.4. The SMILES string of the molecule is N#Cc1ccc(Oc2nc(Cl)nc3nc[nH]c23)cc1F. The molecule has 1 aromatic carbocycles. The molecule has 0 radical (unpaired) electrons. The molecule has 0 aliphatic carbocycles. The van der Waals surface area contributed by atoms with Gasteiger partial charge in [-0.25, -0.2) is 9.37 Å². The highest BCUT2D eigenvalue weighted by atomic mass is 35.5. The summed E-state index contributed by atoms with van der Waals surface area (Å²) < 4.78 is 19.0. The van der Waals surface area contributed by atoms with Crippen molar-refractivity contribution in [1.29, 1.82) is 5.26 Å². The molecular weight excluding hydrogens is 285 g/mol. The molecule has 0 saturated heterocycles. The Kier molecular flexibility index (Phi) is 2.93. The van der Waals surface area contributed by atoms with Crippen molar-refractivity contribution in [2.45, 2.75) is 0 Å². The smallest absolute Gasteiger partial charge is 0.250 e. The summed E-state index contributed by atoms with van der Waals surface area (Å²) in [6.07, 6.45) is 1.42. The Labute approximate surface area is 116 Å². The number of nitrogens with one attached hydrogen (secondary N) is 1. The first-order valence-electron chi connectivity index (χ1n) is 5.41. The molecule has 0 aliphatic heterocycles. The number of aromatic nitrogens is 4. The summed E-state index contributed by atoms with van der Waals surface area (Å²) >= 11 is 5.75. The highest BCUT2D eigenvalue weighted by Crippen LogP contribution is 2.27. The first kappa shape index (κ1) is 12.3. The van der Waals surface area contributed by atoms with Gasteiger partial charge in [0.1, 0.15) is 23.2 Å². The van der Waals surface area contributed by atoms with Crippen LogP contribution >= 0.6 is 11.6 Å². The maximum atomic E-state index is 13.5. The molecule has 3 rings (SSSR count).